The van der Waals surface area contributed by atoms with E-state index in [0.717, 1.165) is 37.8 Å². The highest BCUT2D eigenvalue weighted by Gasteiger charge is 2.35. The van der Waals surface area contributed by atoms with Gasteiger partial charge in [-0.15, -0.1) is 0 Å². The lowest BCUT2D eigenvalue weighted by Gasteiger charge is -2.21. The standard InChI is InChI=1S/C22H22N2O/c23-15-22(11-1-2-12-22)20-9-7-17(8-10-20)16-3-5-18(6-4-16)19-13-21(25)24-14-19/h3-10,19H,1-2,11-14H2,(H,24,25). The Morgan fingerprint density at radius 1 is 0.960 bits per heavy atom. The zero-order valence-corrected chi connectivity index (χ0v) is 14.3. The van der Waals surface area contributed by atoms with Crippen molar-refractivity contribution in [2.45, 2.75) is 43.4 Å². The number of nitrogens with one attached hydrogen (secondary N) is 1. The second-order valence-corrected chi connectivity index (χ2v) is 7.31. The Labute approximate surface area is 148 Å². The van der Waals surface area contributed by atoms with Crippen LogP contribution in [0, 0.1) is 11.3 Å². The van der Waals surface area contributed by atoms with E-state index in [2.05, 4.69) is 59.9 Å². The van der Waals surface area contributed by atoms with E-state index in [4.69, 9.17) is 0 Å². The molecule has 3 nitrogen and oxygen atoms in total. The maximum atomic E-state index is 11.4. The molecule has 1 N–H and O–H groups in total. The van der Waals surface area contributed by atoms with Gasteiger partial charge in [0.15, 0.2) is 0 Å². The summed E-state index contributed by atoms with van der Waals surface area (Å²) < 4.78 is 0. The van der Waals surface area contributed by atoms with Crippen LogP contribution in [-0.2, 0) is 10.2 Å². The van der Waals surface area contributed by atoms with Crippen LogP contribution in [0.4, 0.5) is 0 Å². The predicted octanol–water partition coefficient (Wildman–Crippen LogP) is 4.29. The van der Waals surface area contributed by atoms with Gasteiger partial charge in [-0.2, -0.15) is 5.26 Å². The maximum absolute atomic E-state index is 11.4. The van der Waals surface area contributed by atoms with Crippen LogP contribution in [-0.4, -0.2) is 12.5 Å². The molecule has 126 valence electrons. The number of carbonyl (C=O) groups is 1. The summed E-state index contributed by atoms with van der Waals surface area (Å²) in [5, 5.41) is 12.5. The van der Waals surface area contributed by atoms with Crippen LogP contribution < -0.4 is 5.32 Å². The van der Waals surface area contributed by atoms with Crippen molar-refractivity contribution in [1.29, 1.82) is 5.26 Å². The summed E-state index contributed by atoms with van der Waals surface area (Å²) in [5.41, 5.74) is 4.44. The summed E-state index contributed by atoms with van der Waals surface area (Å²) in [6.45, 7) is 0.739. The molecule has 1 saturated heterocycles. The van der Waals surface area contributed by atoms with Gasteiger partial charge in [0.2, 0.25) is 5.91 Å². The first-order valence-corrected chi connectivity index (χ1v) is 9.09. The fourth-order valence-electron chi connectivity index (χ4n) is 4.21. The Balaban J connectivity index is 1.54. The van der Waals surface area contributed by atoms with Crippen molar-refractivity contribution in [3.05, 3.63) is 59.7 Å². The van der Waals surface area contributed by atoms with E-state index >= 15 is 0 Å². The molecule has 0 radical (unpaired) electrons. The van der Waals surface area contributed by atoms with Gasteiger partial charge in [0.25, 0.3) is 0 Å². The number of benzene rings is 2. The van der Waals surface area contributed by atoms with Crippen molar-refractivity contribution in [2.75, 3.05) is 6.54 Å². The van der Waals surface area contributed by atoms with Gasteiger partial charge in [-0.1, -0.05) is 61.4 Å². The first-order chi connectivity index (χ1) is 12.2. The highest BCUT2D eigenvalue weighted by atomic mass is 16.1. The number of amides is 1. The third kappa shape index (κ3) is 2.93. The summed E-state index contributed by atoms with van der Waals surface area (Å²) in [4.78, 5) is 11.4. The molecule has 0 aromatic heterocycles. The lowest BCUT2D eigenvalue weighted by Crippen LogP contribution is -2.18. The van der Waals surface area contributed by atoms with Crippen LogP contribution in [0.1, 0.15) is 49.1 Å². The summed E-state index contributed by atoms with van der Waals surface area (Å²) >= 11 is 0. The average molecular weight is 330 g/mol. The molecule has 1 aliphatic heterocycles. The molecular formula is C22H22N2O. The van der Waals surface area contributed by atoms with Gasteiger partial charge in [-0.05, 0) is 35.1 Å². The minimum Gasteiger partial charge on any atom is -0.355 e. The molecule has 1 unspecified atom stereocenters. The Morgan fingerprint density at radius 2 is 1.56 bits per heavy atom. The molecule has 1 atom stereocenters. The van der Waals surface area contributed by atoms with Crippen molar-refractivity contribution >= 4 is 5.91 Å². The van der Waals surface area contributed by atoms with Gasteiger partial charge in [0.1, 0.15) is 0 Å². The van der Waals surface area contributed by atoms with E-state index in [1.54, 1.807) is 0 Å². The molecular weight excluding hydrogens is 308 g/mol. The molecule has 1 aliphatic carbocycles. The number of nitriles is 1. The predicted molar refractivity (Wildman–Crippen MR) is 98.0 cm³/mol. The summed E-state index contributed by atoms with van der Waals surface area (Å²) in [7, 11) is 0. The van der Waals surface area contributed by atoms with Gasteiger partial charge in [0, 0.05) is 18.9 Å². The van der Waals surface area contributed by atoms with Crippen molar-refractivity contribution in [2.24, 2.45) is 0 Å². The SMILES string of the molecule is N#CC1(c2ccc(-c3ccc(C4CNC(=O)C4)cc3)cc2)CCCC1. The van der Waals surface area contributed by atoms with E-state index in [1.807, 2.05) is 0 Å². The Morgan fingerprint density at radius 3 is 2.08 bits per heavy atom. The fraction of sp³-hybridized carbons (Fsp3) is 0.364. The lowest BCUT2D eigenvalue weighted by molar-refractivity contribution is -0.119. The van der Waals surface area contributed by atoms with Crippen molar-refractivity contribution < 1.29 is 4.79 Å². The molecule has 2 aromatic rings. The van der Waals surface area contributed by atoms with Crippen LogP contribution in [0.2, 0.25) is 0 Å². The molecule has 2 aliphatic rings. The smallest absolute Gasteiger partial charge is 0.220 e. The molecule has 1 amide bonds. The molecule has 0 bridgehead atoms. The van der Waals surface area contributed by atoms with Crippen molar-refractivity contribution in [1.82, 2.24) is 5.32 Å². The summed E-state index contributed by atoms with van der Waals surface area (Å²) in [5.74, 6) is 0.435. The fourth-order valence-corrected chi connectivity index (χ4v) is 4.21. The highest BCUT2D eigenvalue weighted by molar-refractivity contribution is 5.79. The van der Waals surface area contributed by atoms with Crippen LogP contribution >= 0.6 is 0 Å². The van der Waals surface area contributed by atoms with Crippen LogP contribution in [0.25, 0.3) is 11.1 Å². The van der Waals surface area contributed by atoms with E-state index in [1.165, 1.54) is 16.7 Å². The summed E-state index contributed by atoms with van der Waals surface area (Å²) in [6, 6.07) is 19.6. The first-order valence-electron chi connectivity index (χ1n) is 9.09. The van der Waals surface area contributed by atoms with Crippen molar-refractivity contribution in [3.8, 4) is 17.2 Å². The third-order valence-electron chi connectivity index (χ3n) is 5.80. The van der Waals surface area contributed by atoms with E-state index in [-0.39, 0.29) is 11.3 Å². The minimum atomic E-state index is -0.273. The van der Waals surface area contributed by atoms with Gasteiger partial charge < -0.3 is 5.32 Å². The number of carbonyl (C=O) groups excluding carboxylic acids is 1. The molecule has 1 saturated carbocycles. The van der Waals surface area contributed by atoms with E-state index in [9.17, 15) is 10.1 Å². The highest BCUT2D eigenvalue weighted by Crippen LogP contribution is 2.41. The van der Waals surface area contributed by atoms with Crippen LogP contribution in [0.3, 0.4) is 0 Å². The maximum Gasteiger partial charge on any atom is 0.220 e. The minimum absolute atomic E-state index is 0.142. The molecule has 2 fully saturated rings. The largest absolute Gasteiger partial charge is 0.355 e. The quantitative estimate of drug-likeness (QED) is 0.912. The second kappa shape index (κ2) is 6.37. The molecule has 2 aromatic carbocycles. The van der Waals surface area contributed by atoms with Gasteiger partial charge in [-0.3, -0.25) is 4.79 Å². The Kier molecular flexibility index (Phi) is 4.05. The topological polar surface area (TPSA) is 52.9 Å². The van der Waals surface area contributed by atoms with Gasteiger partial charge >= 0.3 is 0 Å². The molecule has 1 heterocycles. The zero-order valence-electron chi connectivity index (χ0n) is 14.3. The van der Waals surface area contributed by atoms with Gasteiger partial charge in [0.05, 0.1) is 11.5 Å². The molecule has 0 spiro atoms. The molecule has 3 heteroatoms. The number of hydrogen-bond donors (Lipinski definition) is 1. The number of hydrogen-bond acceptors (Lipinski definition) is 2. The molecule has 25 heavy (non-hydrogen) atoms. The Hall–Kier alpha value is -2.60. The average Bonchev–Trinajstić information content (AvgIpc) is 3.32. The number of rotatable bonds is 3. The second-order valence-electron chi connectivity index (χ2n) is 7.31. The number of nitrogens with zero attached hydrogens (tertiary/aromatic N) is 1. The lowest BCUT2D eigenvalue weighted by atomic mass is 9.80. The van der Waals surface area contributed by atoms with Crippen LogP contribution in [0.5, 0.6) is 0 Å². The van der Waals surface area contributed by atoms with E-state index < -0.39 is 0 Å². The monoisotopic (exact) mass is 330 g/mol. The third-order valence-corrected chi connectivity index (χ3v) is 5.80. The van der Waals surface area contributed by atoms with E-state index in [0.29, 0.717) is 12.3 Å². The van der Waals surface area contributed by atoms with Gasteiger partial charge in [-0.25, -0.2) is 0 Å². The zero-order chi connectivity index (χ0) is 17.3. The Bertz CT molecular complexity index is 809. The summed E-state index contributed by atoms with van der Waals surface area (Å²) in [6.07, 6.45) is 4.84. The normalized spacial score (nSPS) is 21.7. The van der Waals surface area contributed by atoms with Crippen LogP contribution in [0.15, 0.2) is 48.5 Å². The van der Waals surface area contributed by atoms with Crippen molar-refractivity contribution in [3.63, 3.8) is 0 Å². The molecule has 4 rings (SSSR count). The first kappa shape index (κ1) is 15.9.